The molecule has 1 rings (SSSR count). The molecule has 1 heterocycles. The van der Waals surface area contributed by atoms with Crippen LogP contribution in [0.2, 0.25) is 0 Å². The molecule has 0 saturated carbocycles. The lowest BCUT2D eigenvalue weighted by molar-refractivity contribution is -0.118. The number of carbonyl (C=O) groups excluding carboxylic acids is 1. The van der Waals surface area contributed by atoms with Crippen LogP contribution in [0.3, 0.4) is 0 Å². The summed E-state index contributed by atoms with van der Waals surface area (Å²) in [5.41, 5.74) is 0.845. The highest BCUT2D eigenvalue weighted by atomic mass is 35.5. The van der Waals surface area contributed by atoms with Crippen LogP contribution < -0.4 is 5.32 Å². The van der Waals surface area contributed by atoms with Crippen molar-refractivity contribution in [3.63, 3.8) is 0 Å². The third-order valence-electron chi connectivity index (χ3n) is 1.78. The van der Waals surface area contributed by atoms with Gasteiger partial charge in [0.05, 0.1) is 12.2 Å². The van der Waals surface area contributed by atoms with Gasteiger partial charge in [0.15, 0.2) is 0 Å². The Morgan fingerprint density at radius 1 is 1.71 bits per heavy atom. The van der Waals surface area contributed by atoms with Crippen molar-refractivity contribution in [1.82, 2.24) is 15.1 Å². The number of carbonyl (C=O) groups is 1. The lowest BCUT2D eigenvalue weighted by atomic mass is 10.4. The molecule has 78 valence electrons. The SMILES string of the molecule is CC(C)n1ccc(CNC(=O)CCl)n1. The standard InChI is InChI=1S/C9H14ClN3O/c1-7(2)13-4-3-8(12-13)6-11-9(14)5-10/h3-4,7H,5-6H2,1-2H3,(H,11,14). The lowest BCUT2D eigenvalue weighted by Gasteiger charge is -2.04. The van der Waals surface area contributed by atoms with Gasteiger partial charge in [-0.3, -0.25) is 9.48 Å². The first-order valence-corrected chi connectivity index (χ1v) is 5.03. The quantitative estimate of drug-likeness (QED) is 0.771. The summed E-state index contributed by atoms with van der Waals surface area (Å²) in [4.78, 5) is 10.8. The largest absolute Gasteiger partial charge is 0.349 e. The Bertz CT molecular complexity index is 309. The predicted octanol–water partition coefficient (Wildman–Crippen LogP) is 1.32. The van der Waals surface area contributed by atoms with Gasteiger partial charge < -0.3 is 5.32 Å². The van der Waals surface area contributed by atoms with Crippen molar-refractivity contribution in [3.05, 3.63) is 18.0 Å². The minimum atomic E-state index is -0.175. The first-order chi connectivity index (χ1) is 6.63. The van der Waals surface area contributed by atoms with E-state index in [1.807, 2.05) is 30.8 Å². The van der Waals surface area contributed by atoms with Crippen molar-refractivity contribution >= 4 is 17.5 Å². The average molecular weight is 216 g/mol. The van der Waals surface area contributed by atoms with Crippen LogP contribution in [-0.4, -0.2) is 21.6 Å². The molecular formula is C9H14ClN3O. The number of halogens is 1. The normalized spacial score (nSPS) is 10.6. The van der Waals surface area contributed by atoms with Gasteiger partial charge in [-0.1, -0.05) is 0 Å². The van der Waals surface area contributed by atoms with Gasteiger partial charge in [0.1, 0.15) is 5.88 Å². The Morgan fingerprint density at radius 2 is 2.43 bits per heavy atom. The Hall–Kier alpha value is -1.03. The molecule has 0 aliphatic rings. The van der Waals surface area contributed by atoms with Crippen molar-refractivity contribution < 1.29 is 4.79 Å². The molecule has 0 aliphatic heterocycles. The van der Waals surface area contributed by atoms with E-state index in [1.165, 1.54) is 0 Å². The highest BCUT2D eigenvalue weighted by molar-refractivity contribution is 6.27. The van der Waals surface area contributed by atoms with Crippen LogP contribution in [-0.2, 0) is 11.3 Å². The molecule has 0 atom stereocenters. The molecule has 14 heavy (non-hydrogen) atoms. The third-order valence-corrected chi connectivity index (χ3v) is 2.02. The number of nitrogens with zero attached hydrogens (tertiary/aromatic N) is 2. The summed E-state index contributed by atoms with van der Waals surface area (Å²) in [5, 5.41) is 6.93. The van der Waals surface area contributed by atoms with Crippen LogP contribution in [0.15, 0.2) is 12.3 Å². The van der Waals surface area contributed by atoms with Crippen molar-refractivity contribution in [2.75, 3.05) is 5.88 Å². The number of rotatable bonds is 4. The van der Waals surface area contributed by atoms with Crippen LogP contribution in [0.25, 0.3) is 0 Å². The molecule has 0 spiro atoms. The van der Waals surface area contributed by atoms with Gasteiger partial charge in [-0.15, -0.1) is 11.6 Å². The predicted molar refractivity (Wildman–Crippen MR) is 55.2 cm³/mol. The fourth-order valence-corrected chi connectivity index (χ4v) is 1.09. The fraction of sp³-hybridized carbons (Fsp3) is 0.556. The number of hydrogen-bond acceptors (Lipinski definition) is 2. The zero-order valence-electron chi connectivity index (χ0n) is 8.33. The van der Waals surface area contributed by atoms with E-state index in [2.05, 4.69) is 10.4 Å². The lowest BCUT2D eigenvalue weighted by Crippen LogP contribution is -2.24. The van der Waals surface area contributed by atoms with Gasteiger partial charge in [0, 0.05) is 12.2 Å². The van der Waals surface area contributed by atoms with Gasteiger partial charge in [-0.2, -0.15) is 5.10 Å². The summed E-state index contributed by atoms with van der Waals surface area (Å²) < 4.78 is 1.85. The molecule has 0 aromatic carbocycles. The Labute approximate surface area is 88.2 Å². The summed E-state index contributed by atoms with van der Waals surface area (Å²) in [6, 6.07) is 2.22. The van der Waals surface area contributed by atoms with Gasteiger partial charge in [-0.05, 0) is 19.9 Å². The second-order valence-corrected chi connectivity index (χ2v) is 3.56. The zero-order valence-corrected chi connectivity index (χ0v) is 9.08. The van der Waals surface area contributed by atoms with E-state index in [0.29, 0.717) is 12.6 Å². The molecule has 0 unspecified atom stereocenters. The minimum absolute atomic E-state index is 0.00904. The van der Waals surface area contributed by atoms with Gasteiger partial charge in [0.25, 0.3) is 0 Å². The second-order valence-electron chi connectivity index (χ2n) is 3.29. The molecule has 0 aliphatic carbocycles. The van der Waals surface area contributed by atoms with E-state index >= 15 is 0 Å². The first kappa shape index (κ1) is 11.0. The van der Waals surface area contributed by atoms with E-state index in [-0.39, 0.29) is 11.8 Å². The van der Waals surface area contributed by atoms with Crippen molar-refractivity contribution in [2.24, 2.45) is 0 Å². The number of hydrogen-bond donors (Lipinski definition) is 1. The molecule has 0 fully saturated rings. The number of aromatic nitrogens is 2. The van der Waals surface area contributed by atoms with Crippen molar-refractivity contribution in [2.45, 2.75) is 26.4 Å². The minimum Gasteiger partial charge on any atom is -0.349 e. The topological polar surface area (TPSA) is 46.9 Å². The Morgan fingerprint density at radius 3 is 2.93 bits per heavy atom. The van der Waals surface area contributed by atoms with Crippen LogP contribution >= 0.6 is 11.6 Å². The number of alkyl halides is 1. The van der Waals surface area contributed by atoms with E-state index in [0.717, 1.165) is 5.69 Å². The molecular weight excluding hydrogens is 202 g/mol. The summed E-state index contributed by atoms with van der Waals surface area (Å²) in [5.74, 6) is -0.184. The van der Waals surface area contributed by atoms with Gasteiger partial charge in [-0.25, -0.2) is 0 Å². The highest BCUT2D eigenvalue weighted by Crippen LogP contribution is 2.03. The van der Waals surface area contributed by atoms with E-state index in [1.54, 1.807) is 0 Å². The molecule has 1 aromatic rings. The third kappa shape index (κ3) is 3.03. The summed E-state index contributed by atoms with van der Waals surface area (Å²) >= 11 is 5.34. The maximum Gasteiger partial charge on any atom is 0.235 e. The molecule has 0 bridgehead atoms. The zero-order chi connectivity index (χ0) is 10.6. The van der Waals surface area contributed by atoms with Gasteiger partial charge in [0.2, 0.25) is 5.91 Å². The van der Waals surface area contributed by atoms with Crippen LogP contribution in [0, 0.1) is 0 Å². The first-order valence-electron chi connectivity index (χ1n) is 4.50. The monoisotopic (exact) mass is 215 g/mol. The van der Waals surface area contributed by atoms with E-state index in [9.17, 15) is 4.79 Å². The molecule has 5 heteroatoms. The molecule has 1 amide bonds. The second kappa shape index (κ2) is 5.00. The maximum atomic E-state index is 10.8. The molecule has 4 nitrogen and oxygen atoms in total. The van der Waals surface area contributed by atoms with Crippen molar-refractivity contribution in [3.8, 4) is 0 Å². The average Bonchev–Trinajstić information content (AvgIpc) is 2.62. The molecule has 0 radical (unpaired) electrons. The van der Waals surface area contributed by atoms with Gasteiger partial charge >= 0.3 is 0 Å². The van der Waals surface area contributed by atoms with Crippen LogP contribution in [0.4, 0.5) is 0 Å². The fourth-order valence-electron chi connectivity index (χ4n) is 0.996. The molecule has 1 aromatic heterocycles. The Kier molecular flexibility index (Phi) is 3.95. The number of amides is 1. The number of nitrogens with one attached hydrogen (secondary N) is 1. The Balaban J connectivity index is 2.48. The van der Waals surface area contributed by atoms with Crippen LogP contribution in [0.1, 0.15) is 25.6 Å². The smallest absolute Gasteiger partial charge is 0.235 e. The summed E-state index contributed by atoms with van der Waals surface area (Å²) in [6.45, 7) is 4.54. The molecule has 0 saturated heterocycles. The maximum absolute atomic E-state index is 10.8. The van der Waals surface area contributed by atoms with Crippen molar-refractivity contribution in [1.29, 1.82) is 0 Å². The molecule has 1 N–H and O–H groups in total. The summed E-state index contributed by atoms with van der Waals surface area (Å²) in [7, 11) is 0. The van der Waals surface area contributed by atoms with Crippen LogP contribution in [0.5, 0.6) is 0 Å². The highest BCUT2D eigenvalue weighted by Gasteiger charge is 2.03. The van der Waals surface area contributed by atoms with E-state index < -0.39 is 0 Å². The van der Waals surface area contributed by atoms with E-state index in [4.69, 9.17) is 11.6 Å². The summed E-state index contributed by atoms with van der Waals surface area (Å²) in [6.07, 6.45) is 1.90.